The smallest absolute Gasteiger partial charge is 0.261 e. The van der Waals surface area contributed by atoms with Crippen LogP contribution in [0.5, 0.6) is 0 Å². The maximum absolute atomic E-state index is 12.2. The van der Waals surface area contributed by atoms with E-state index in [0.29, 0.717) is 24.2 Å². The molecule has 20 heavy (non-hydrogen) atoms. The van der Waals surface area contributed by atoms with E-state index in [2.05, 4.69) is 0 Å². The third-order valence-corrected chi connectivity index (χ3v) is 3.79. The summed E-state index contributed by atoms with van der Waals surface area (Å²) in [5.41, 5.74) is 2.19. The predicted molar refractivity (Wildman–Crippen MR) is 76.5 cm³/mol. The first kappa shape index (κ1) is 13.1. The second kappa shape index (κ2) is 5.25. The Balaban J connectivity index is 1.75. The van der Waals surface area contributed by atoms with E-state index in [-0.39, 0.29) is 11.8 Å². The molecule has 1 saturated heterocycles. The molecule has 2 aliphatic heterocycles. The van der Waals surface area contributed by atoms with Crippen LogP contribution in [-0.2, 0) is 0 Å². The number of hydrogen-bond acceptors (Lipinski definition) is 3. The summed E-state index contributed by atoms with van der Waals surface area (Å²) >= 11 is 0. The average molecular weight is 266 g/mol. The van der Waals surface area contributed by atoms with Crippen LogP contribution < -0.4 is 0 Å². The Kier molecular flexibility index (Phi) is 3.44. The second-order valence-electron chi connectivity index (χ2n) is 5.20. The Labute approximate surface area is 119 Å². The number of fused-ring (bicyclic) bond motifs is 1. The summed E-state index contributed by atoms with van der Waals surface area (Å²) in [7, 11) is 5.78. The molecule has 2 radical (unpaired) electrons. The molecule has 100 valence electrons. The number of rotatable bonds is 2. The molecule has 0 unspecified atom stereocenters. The summed E-state index contributed by atoms with van der Waals surface area (Å²) in [5, 5.41) is 0. The SMILES string of the molecule is [B]N1CCC/C(=C\CN2C(=O)c3ccccc3C2=O)C1. The van der Waals surface area contributed by atoms with Gasteiger partial charge in [-0.15, -0.1) is 0 Å². The maximum atomic E-state index is 12.2. The third kappa shape index (κ3) is 2.29. The highest BCUT2D eigenvalue weighted by molar-refractivity contribution is 6.21. The normalized spacial score (nSPS) is 21.6. The van der Waals surface area contributed by atoms with E-state index >= 15 is 0 Å². The first-order valence-electron chi connectivity index (χ1n) is 6.79. The van der Waals surface area contributed by atoms with Crippen molar-refractivity contribution in [2.45, 2.75) is 12.8 Å². The van der Waals surface area contributed by atoms with Gasteiger partial charge in [0.15, 0.2) is 7.98 Å². The van der Waals surface area contributed by atoms with Gasteiger partial charge in [-0.05, 0) is 31.5 Å². The summed E-state index contributed by atoms with van der Waals surface area (Å²) < 4.78 is 0. The standard InChI is InChI=1S/C15H15BN2O2/c16-17-8-3-4-11(10-17)7-9-18-14(19)12-5-1-2-6-13(12)15(18)20/h1-2,5-7H,3-4,8-10H2/b11-7+. The molecule has 0 aromatic heterocycles. The van der Waals surface area contributed by atoms with Gasteiger partial charge < -0.3 is 4.81 Å². The van der Waals surface area contributed by atoms with E-state index in [0.717, 1.165) is 19.4 Å². The van der Waals surface area contributed by atoms with Crippen molar-refractivity contribution in [1.29, 1.82) is 0 Å². The topological polar surface area (TPSA) is 40.6 Å². The summed E-state index contributed by atoms with van der Waals surface area (Å²) in [5.74, 6) is -0.411. The lowest BCUT2D eigenvalue weighted by molar-refractivity contribution is 0.0671. The summed E-state index contributed by atoms with van der Waals surface area (Å²) in [6.45, 7) is 1.93. The minimum atomic E-state index is -0.206. The molecule has 1 aromatic rings. The Bertz CT molecular complexity index is 562. The molecule has 1 aromatic carbocycles. The van der Waals surface area contributed by atoms with E-state index in [4.69, 9.17) is 7.98 Å². The summed E-state index contributed by atoms with van der Waals surface area (Å²) in [4.78, 5) is 27.4. The lowest BCUT2D eigenvalue weighted by atomic mass is 10.0. The minimum Gasteiger partial charge on any atom is -0.350 e. The molecule has 0 spiro atoms. The monoisotopic (exact) mass is 266 g/mol. The zero-order valence-corrected chi connectivity index (χ0v) is 11.2. The molecule has 2 aliphatic rings. The van der Waals surface area contributed by atoms with Gasteiger partial charge in [0, 0.05) is 13.1 Å². The van der Waals surface area contributed by atoms with Crippen LogP contribution in [0.2, 0.25) is 0 Å². The molecule has 0 aliphatic carbocycles. The fraction of sp³-hybridized carbons (Fsp3) is 0.333. The molecule has 0 bridgehead atoms. The van der Waals surface area contributed by atoms with Crippen LogP contribution in [0.4, 0.5) is 0 Å². The van der Waals surface area contributed by atoms with Crippen molar-refractivity contribution in [1.82, 2.24) is 9.71 Å². The van der Waals surface area contributed by atoms with Crippen LogP contribution >= 0.6 is 0 Å². The van der Waals surface area contributed by atoms with Crippen molar-refractivity contribution in [2.24, 2.45) is 0 Å². The Morgan fingerprint density at radius 2 is 1.80 bits per heavy atom. The first-order valence-corrected chi connectivity index (χ1v) is 6.79. The molecule has 4 nitrogen and oxygen atoms in total. The van der Waals surface area contributed by atoms with Gasteiger partial charge >= 0.3 is 0 Å². The number of imide groups is 1. The number of benzene rings is 1. The Morgan fingerprint density at radius 1 is 1.15 bits per heavy atom. The van der Waals surface area contributed by atoms with Gasteiger partial charge in [0.25, 0.3) is 11.8 Å². The third-order valence-electron chi connectivity index (χ3n) is 3.79. The van der Waals surface area contributed by atoms with Crippen molar-refractivity contribution in [3.8, 4) is 0 Å². The van der Waals surface area contributed by atoms with Gasteiger partial charge in [-0.2, -0.15) is 0 Å². The van der Waals surface area contributed by atoms with Crippen molar-refractivity contribution in [3.05, 3.63) is 47.0 Å². The number of amides is 2. The Hall–Kier alpha value is -1.88. The van der Waals surface area contributed by atoms with Crippen LogP contribution in [0, 0.1) is 0 Å². The zero-order valence-electron chi connectivity index (χ0n) is 11.2. The van der Waals surface area contributed by atoms with Gasteiger partial charge in [-0.3, -0.25) is 14.5 Å². The van der Waals surface area contributed by atoms with Crippen LogP contribution in [0.3, 0.4) is 0 Å². The number of carbonyl (C=O) groups excluding carboxylic acids is 2. The number of carbonyl (C=O) groups is 2. The highest BCUT2D eigenvalue weighted by Crippen LogP contribution is 2.23. The molecule has 0 atom stereocenters. The molecule has 3 rings (SSSR count). The highest BCUT2D eigenvalue weighted by atomic mass is 16.2. The quantitative estimate of drug-likeness (QED) is 0.461. The number of nitrogens with zero attached hydrogens (tertiary/aromatic N) is 2. The Morgan fingerprint density at radius 3 is 2.40 bits per heavy atom. The van der Waals surface area contributed by atoms with Gasteiger partial charge in [0.1, 0.15) is 0 Å². The van der Waals surface area contributed by atoms with Gasteiger partial charge in [0.2, 0.25) is 0 Å². The largest absolute Gasteiger partial charge is 0.350 e. The highest BCUT2D eigenvalue weighted by Gasteiger charge is 2.34. The van der Waals surface area contributed by atoms with Crippen molar-refractivity contribution in [3.63, 3.8) is 0 Å². The van der Waals surface area contributed by atoms with Crippen LogP contribution in [-0.4, -0.2) is 49.1 Å². The molecular formula is C15H15BN2O2. The van der Waals surface area contributed by atoms with Crippen molar-refractivity contribution in [2.75, 3.05) is 19.6 Å². The van der Waals surface area contributed by atoms with Crippen LogP contribution in [0.15, 0.2) is 35.9 Å². The fourth-order valence-electron chi connectivity index (χ4n) is 2.72. The van der Waals surface area contributed by atoms with E-state index < -0.39 is 0 Å². The number of hydrogen-bond donors (Lipinski definition) is 0. The predicted octanol–water partition coefficient (Wildman–Crippen LogP) is 1.39. The molecule has 0 saturated carbocycles. The lowest BCUT2D eigenvalue weighted by Crippen LogP contribution is -2.32. The van der Waals surface area contributed by atoms with Gasteiger partial charge in [0.05, 0.1) is 11.1 Å². The van der Waals surface area contributed by atoms with Crippen LogP contribution in [0.1, 0.15) is 33.6 Å². The van der Waals surface area contributed by atoms with E-state index in [1.165, 1.54) is 10.5 Å². The zero-order chi connectivity index (χ0) is 14.1. The number of piperidine rings is 1. The maximum Gasteiger partial charge on any atom is 0.261 e. The molecule has 5 heteroatoms. The molecule has 1 fully saturated rings. The first-order chi connectivity index (χ1) is 9.66. The molecule has 0 N–H and O–H groups in total. The van der Waals surface area contributed by atoms with E-state index in [9.17, 15) is 9.59 Å². The van der Waals surface area contributed by atoms with Gasteiger partial charge in [-0.25, -0.2) is 0 Å². The lowest BCUT2D eigenvalue weighted by Gasteiger charge is -2.25. The van der Waals surface area contributed by atoms with E-state index in [1.54, 1.807) is 29.1 Å². The second-order valence-corrected chi connectivity index (χ2v) is 5.20. The molecular weight excluding hydrogens is 251 g/mol. The fourth-order valence-corrected chi connectivity index (χ4v) is 2.72. The molecule has 2 amide bonds. The molecule has 2 heterocycles. The van der Waals surface area contributed by atoms with Gasteiger partial charge in [-0.1, -0.05) is 23.8 Å². The van der Waals surface area contributed by atoms with Crippen molar-refractivity contribution < 1.29 is 9.59 Å². The average Bonchev–Trinajstić information content (AvgIpc) is 2.70. The summed E-state index contributed by atoms with van der Waals surface area (Å²) in [6.07, 6.45) is 3.96. The van der Waals surface area contributed by atoms with Crippen LogP contribution in [0.25, 0.3) is 0 Å². The summed E-state index contributed by atoms with van der Waals surface area (Å²) in [6, 6.07) is 6.95. The van der Waals surface area contributed by atoms with E-state index in [1.807, 2.05) is 6.08 Å². The minimum absolute atomic E-state index is 0.206. The van der Waals surface area contributed by atoms with Crippen molar-refractivity contribution >= 4 is 19.8 Å².